The van der Waals surface area contributed by atoms with Gasteiger partial charge in [0.25, 0.3) is 0 Å². The van der Waals surface area contributed by atoms with E-state index < -0.39 is 0 Å². The zero-order valence-electron chi connectivity index (χ0n) is 8.81. The lowest BCUT2D eigenvalue weighted by atomic mass is 9.83. The molecule has 0 aliphatic heterocycles. The highest BCUT2D eigenvalue weighted by Gasteiger charge is 2.27. The first-order valence-electron chi connectivity index (χ1n) is 4.50. The van der Waals surface area contributed by atoms with Crippen LogP contribution >= 0.6 is 34.8 Å². The molecule has 0 aromatic carbocycles. The van der Waals surface area contributed by atoms with Crippen LogP contribution in [-0.2, 0) is 0 Å². The predicted molar refractivity (Wildman–Crippen MR) is 65.7 cm³/mol. The molecular formula is C10H13Cl3N2. The molecule has 0 bridgehead atoms. The van der Waals surface area contributed by atoms with Gasteiger partial charge in [-0.25, -0.2) is 4.98 Å². The van der Waals surface area contributed by atoms with Crippen molar-refractivity contribution in [2.45, 2.75) is 26.8 Å². The summed E-state index contributed by atoms with van der Waals surface area (Å²) in [5.41, 5.74) is 6.60. The second-order valence-corrected chi connectivity index (χ2v) is 5.61. The highest BCUT2D eigenvalue weighted by Crippen LogP contribution is 2.40. The molecule has 0 aliphatic rings. The minimum absolute atomic E-state index is 0.141. The fourth-order valence-corrected chi connectivity index (χ4v) is 1.90. The Kier molecular flexibility index (Phi) is 3.88. The molecule has 0 radical (unpaired) electrons. The maximum absolute atomic E-state index is 6.09. The fraction of sp³-hybridized carbons (Fsp3) is 0.500. The normalized spacial score (nSPS) is 14.1. The van der Waals surface area contributed by atoms with Crippen molar-refractivity contribution in [3.63, 3.8) is 0 Å². The van der Waals surface area contributed by atoms with Crippen molar-refractivity contribution in [1.82, 2.24) is 4.98 Å². The molecule has 1 atom stereocenters. The number of rotatable bonds is 1. The molecule has 1 rings (SSSR count). The van der Waals surface area contributed by atoms with Crippen LogP contribution in [-0.4, -0.2) is 4.98 Å². The highest BCUT2D eigenvalue weighted by molar-refractivity contribution is 6.43. The van der Waals surface area contributed by atoms with Gasteiger partial charge in [0.15, 0.2) is 0 Å². The van der Waals surface area contributed by atoms with E-state index in [2.05, 4.69) is 4.98 Å². The summed E-state index contributed by atoms with van der Waals surface area (Å²) in [5.74, 6) is 0. The minimum Gasteiger partial charge on any atom is -0.323 e. The van der Waals surface area contributed by atoms with Gasteiger partial charge >= 0.3 is 0 Å². The standard InChI is InChI=1S/C10H13Cl3N2/c1-10(2,3)8(14)6-5(11)4-15-9(13)7(6)12/h4,8H,14H2,1-3H3/t8-/m0/s1. The lowest BCUT2D eigenvalue weighted by Gasteiger charge is -2.28. The first-order chi connectivity index (χ1) is 6.75. The average Bonchev–Trinajstić information content (AvgIpc) is 2.10. The molecule has 0 unspecified atom stereocenters. The van der Waals surface area contributed by atoms with Gasteiger partial charge < -0.3 is 5.73 Å². The minimum atomic E-state index is -0.280. The lowest BCUT2D eigenvalue weighted by Crippen LogP contribution is -2.27. The molecule has 1 heterocycles. The zero-order chi connectivity index (χ0) is 11.8. The molecule has 0 fully saturated rings. The van der Waals surface area contributed by atoms with Crippen LogP contribution in [0.15, 0.2) is 6.20 Å². The molecule has 0 amide bonds. The van der Waals surface area contributed by atoms with Gasteiger partial charge in [-0.15, -0.1) is 0 Å². The molecule has 2 N–H and O–H groups in total. The third-order valence-electron chi connectivity index (χ3n) is 2.21. The van der Waals surface area contributed by atoms with Crippen molar-refractivity contribution in [2.24, 2.45) is 11.1 Å². The van der Waals surface area contributed by atoms with Crippen LogP contribution in [0.2, 0.25) is 15.2 Å². The van der Waals surface area contributed by atoms with Gasteiger partial charge in [-0.3, -0.25) is 0 Å². The summed E-state index contributed by atoms with van der Waals surface area (Å²) in [7, 11) is 0. The van der Waals surface area contributed by atoms with E-state index in [1.165, 1.54) is 6.20 Å². The van der Waals surface area contributed by atoms with E-state index in [0.717, 1.165) is 0 Å². The van der Waals surface area contributed by atoms with Crippen molar-refractivity contribution in [1.29, 1.82) is 0 Å². The second-order valence-electron chi connectivity index (χ2n) is 4.47. The fourth-order valence-electron chi connectivity index (χ4n) is 1.17. The van der Waals surface area contributed by atoms with Gasteiger partial charge in [0, 0.05) is 17.8 Å². The third kappa shape index (κ3) is 2.76. The summed E-state index contributed by atoms with van der Waals surface area (Å²) in [6.07, 6.45) is 1.47. The molecule has 0 saturated carbocycles. The van der Waals surface area contributed by atoms with Crippen molar-refractivity contribution < 1.29 is 0 Å². The number of hydrogen-bond acceptors (Lipinski definition) is 2. The number of nitrogens with zero attached hydrogens (tertiary/aromatic N) is 1. The number of pyridine rings is 1. The summed E-state index contributed by atoms with van der Waals surface area (Å²) >= 11 is 17.9. The largest absolute Gasteiger partial charge is 0.323 e. The smallest absolute Gasteiger partial charge is 0.148 e. The molecule has 1 aromatic rings. The molecule has 1 aromatic heterocycles. The Morgan fingerprint density at radius 1 is 1.27 bits per heavy atom. The Morgan fingerprint density at radius 2 is 1.80 bits per heavy atom. The van der Waals surface area contributed by atoms with E-state index >= 15 is 0 Å². The van der Waals surface area contributed by atoms with Crippen LogP contribution in [0.4, 0.5) is 0 Å². The second kappa shape index (κ2) is 4.46. The molecule has 2 nitrogen and oxygen atoms in total. The summed E-state index contributed by atoms with van der Waals surface area (Å²) in [5, 5.41) is 1.02. The van der Waals surface area contributed by atoms with Gasteiger partial charge in [0.1, 0.15) is 5.15 Å². The number of nitrogens with two attached hydrogens (primary N) is 1. The van der Waals surface area contributed by atoms with Crippen molar-refractivity contribution in [2.75, 3.05) is 0 Å². The van der Waals surface area contributed by atoms with Gasteiger partial charge in [0.05, 0.1) is 10.0 Å². The van der Waals surface area contributed by atoms with Crippen LogP contribution in [0, 0.1) is 5.41 Å². The molecule has 15 heavy (non-hydrogen) atoms. The van der Waals surface area contributed by atoms with E-state index in [0.29, 0.717) is 15.6 Å². The molecule has 84 valence electrons. The Morgan fingerprint density at radius 3 is 2.27 bits per heavy atom. The monoisotopic (exact) mass is 266 g/mol. The maximum Gasteiger partial charge on any atom is 0.148 e. The molecule has 5 heteroatoms. The van der Waals surface area contributed by atoms with Crippen LogP contribution in [0.5, 0.6) is 0 Å². The Labute approximate surface area is 105 Å². The average molecular weight is 268 g/mol. The molecule has 0 spiro atoms. The predicted octanol–water partition coefficient (Wildman–Crippen LogP) is 4.09. The van der Waals surface area contributed by atoms with Gasteiger partial charge in [-0.2, -0.15) is 0 Å². The Bertz CT molecular complexity index is 372. The van der Waals surface area contributed by atoms with E-state index in [9.17, 15) is 0 Å². The van der Waals surface area contributed by atoms with E-state index in [1.54, 1.807) is 0 Å². The number of aromatic nitrogens is 1. The van der Waals surface area contributed by atoms with E-state index in [-0.39, 0.29) is 16.6 Å². The number of halogens is 3. The molecule has 0 saturated heterocycles. The van der Waals surface area contributed by atoms with Gasteiger partial charge in [0.2, 0.25) is 0 Å². The van der Waals surface area contributed by atoms with Crippen molar-refractivity contribution >= 4 is 34.8 Å². The maximum atomic E-state index is 6.09. The van der Waals surface area contributed by atoms with E-state index in [4.69, 9.17) is 40.5 Å². The Balaban J connectivity index is 3.31. The lowest BCUT2D eigenvalue weighted by molar-refractivity contribution is 0.327. The summed E-state index contributed by atoms with van der Waals surface area (Å²) < 4.78 is 0. The molecular weight excluding hydrogens is 254 g/mol. The van der Waals surface area contributed by atoms with Crippen LogP contribution in [0.3, 0.4) is 0 Å². The topological polar surface area (TPSA) is 38.9 Å². The van der Waals surface area contributed by atoms with Crippen LogP contribution < -0.4 is 5.73 Å². The first-order valence-corrected chi connectivity index (χ1v) is 5.63. The zero-order valence-corrected chi connectivity index (χ0v) is 11.1. The summed E-state index contributed by atoms with van der Waals surface area (Å²) in [4.78, 5) is 3.85. The summed E-state index contributed by atoms with van der Waals surface area (Å²) in [6.45, 7) is 6.04. The quantitative estimate of drug-likeness (QED) is 0.779. The highest BCUT2D eigenvalue weighted by atomic mass is 35.5. The van der Waals surface area contributed by atoms with Gasteiger partial charge in [-0.05, 0) is 5.41 Å². The van der Waals surface area contributed by atoms with Crippen molar-refractivity contribution in [3.05, 3.63) is 27.0 Å². The third-order valence-corrected chi connectivity index (χ3v) is 3.28. The number of hydrogen-bond donors (Lipinski definition) is 1. The van der Waals surface area contributed by atoms with Crippen LogP contribution in [0.25, 0.3) is 0 Å². The summed E-state index contributed by atoms with van der Waals surface area (Å²) in [6, 6.07) is -0.280. The Hall–Kier alpha value is -0.0200. The van der Waals surface area contributed by atoms with Crippen molar-refractivity contribution in [3.8, 4) is 0 Å². The van der Waals surface area contributed by atoms with Gasteiger partial charge in [-0.1, -0.05) is 55.6 Å². The van der Waals surface area contributed by atoms with Crippen LogP contribution in [0.1, 0.15) is 32.4 Å². The molecule has 0 aliphatic carbocycles. The van der Waals surface area contributed by atoms with E-state index in [1.807, 2.05) is 20.8 Å². The first kappa shape index (κ1) is 13.0. The SMILES string of the molecule is CC(C)(C)[C@@H](N)c1c(Cl)cnc(Cl)c1Cl.